The van der Waals surface area contributed by atoms with E-state index in [4.69, 9.17) is 10.8 Å². The Labute approximate surface area is 117 Å². The van der Waals surface area contributed by atoms with E-state index >= 15 is 0 Å². The van der Waals surface area contributed by atoms with Crippen molar-refractivity contribution in [2.45, 2.75) is 51.6 Å². The molecule has 0 heterocycles. The number of aliphatic hydroxyl groups excluding tert-OH is 1. The lowest BCUT2D eigenvalue weighted by Gasteiger charge is -2.24. The molecule has 3 nitrogen and oxygen atoms in total. The predicted molar refractivity (Wildman–Crippen MR) is 81.2 cm³/mol. The summed E-state index contributed by atoms with van der Waals surface area (Å²) in [4.78, 5) is 0. The van der Waals surface area contributed by atoms with Gasteiger partial charge in [0.05, 0.1) is 0 Å². The van der Waals surface area contributed by atoms with Crippen LogP contribution in [0.15, 0.2) is 24.3 Å². The first-order valence-electron chi connectivity index (χ1n) is 7.06. The summed E-state index contributed by atoms with van der Waals surface area (Å²) in [5, 5.41) is 12.4. The number of rotatable bonds is 6. The molecule has 1 rings (SSSR count). The zero-order valence-corrected chi connectivity index (χ0v) is 12.6. The molecule has 1 aromatic carbocycles. The molecule has 0 aliphatic carbocycles. The van der Waals surface area contributed by atoms with Gasteiger partial charge in [-0.3, -0.25) is 0 Å². The van der Waals surface area contributed by atoms with E-state index in [1.165, 1.54) is 11.1 Å². The van der Waals surface area contributed by atoms with Gasteiger partial charge in [-0.2, -0.15) is 0 Å². The first kappa shape index (κ1) is 16.2. The number of hydrogen-bond donors (Lipinski definition) is 3. The standard InChI is InChI=1S/C16H28N2O/c1-12(9-10-19)18-15(11-17)13-5-7-14(8-6-13)16(2,3)4/h5-8,12,15,18-19H,9-11,17H2,1-4H3. The van der Waals surface area contributed by atoms with Crippen LogP contribution in [0.25, 0.3) is 0 Å². The summed E-state index contributed by atoms with van der Waals surface area (Å²) in [6.07, 6.45) is 0.747. The van der Waals surface area contributed by atoms with Crippen LogP contribution in [-0.2, 0) is 5.41 Å². The average Bonchev–Trinajstić information content (AvgIpc) is 2.35. The minimum atomic E-state index is 0.149. The lowest BCUT2D eigenvalue weighted by Crippen LogP contribution is -2.35. The summed E-state index contributed by atoms with van der Waals surface area (Å²) in [7, 11) is 0. The van der Waals surface area contributed by atoms with Crippen molar-refractivity contribution in [3.8, 4) is 0 Å². The maximum atomic E-state index is 8.95. The monoisotopic (exact) mass is 264 g/mol. The maximum absolute atomic E-state index is 8.95. The minimum Gasteiger partial charge on any atom is -0.396 e. The normalized spacial score (nSPS) is 15.3. The summed E-state index contributed by atoms with van der Waals surface area (Å²) in [5.41, 5.74) is 8.56. The molecule has 0 amide bonds. The van der Waals surface area contributed by atoms with Crippen molar-refractivity contribution < 1.29 is 5.11 Å². The third kappa shape index (κ3) is 4.94. The highest BCUT2D eigenvalue weighted by atomic mass is 16.3. The third-order valence-electron chi connectivity index (χ3n) is 3.46. The van der Waals surface area contributed by atoms with Crippen molar-refractivity contribution in [1.82, 2.24) is 5.32 Å². The number of hydrogen-bond acceptors (Lipinski definition) is 3. The lowest BCUT2D eigenvalue weighted by atomic mass is 9.86. The number of nitrogens with one attached hydrogen (secondary N) is 1. The van der Waals surface area contributed by atoms with Gasteiger partial charge in [-0.1, -0.05) is 45.0 Å². The zero-order valence-electron chi connectivity index (χ0n) is 12.6. The Kier molecular flexibility index (Phi) is 5.98. The van der Waals surface area contributed by atoms with Gasteiger partial charge in [-0.25, -0.2) is 0 Å². The van der Waals surface area contributed by atoms with Gasteiger partial charge in [0.25, 0.3) is 0 Å². The van der Waals surface area contributed by atoms with E-state index in [9.17, 15) is 0 Å². The van der Waals surface area contributed by atoms with Gasteiger partial charge in [0, 0.05) is 25.2 Å². The van der Waals surface area contributed by atoms with E-state index < -0.39 is 0 Å². The van der Waals surface area contributed by atoms with Crippen LogP contribution in [0.5, 0.6) is 0 Å². The lowest BCUT2D eigenvalue weighted by molar-refractivity contribution is 0.263. The molecule has 2 unspecified atom stereocenters. The molecule has 108 valence electrons. The molecule has 0 aromatic heterocycles. The molecule has 0 saturated heterocycles. The highest BCUT2D eigenvalue weighted by Gasteiger charge is 2.16. The van der Waals surface area contributed by atoms with Crippen LogP contribution >= 0.6 is 0 Å². The molecule has 0 fully saturated rings. The van der Waals surface area contributed by atoms with Gasteiger partial charge < -0.3 is 16.2 Å². The number of aliphatic hydroxyl groups is 1. The van der Waals surface area contributed by atoms with E-state index in [0.717, 1.165) is 6.42 Å². The Morgan fingerprint density at radius 3 is 2.21 bits per heavy atom. The van der Waals surface area contributed by atoms with Crippen molar-refractivity contribution in [2.24, 2.45) is 5.73 Å². The molecule has 1 aromatic rings. The van der Waals surface area contributed by atoms with Crippen LogP contribution in [0, 0.1) is 0 Å². The SMILES string of the molecule is CC(CCO)NC(CN)c1ccc(C(C)(C)C)cc1. The van der Waals surface area contributed by atoms with Crippen molar-refractivity contribution >= 4 is 0 Å². The maximum Gasteiger partial charge on any atom is 0.0446 e. The molecule has 2 atom stereocenters. The number of benzene rings is 1. The predicted octanol–water partition coefficient (Wildman–Crippen LogP) is 2.34. The zero-order chi connectivity index (χ0) is 14.5. The molecule has 0 bridgehead atoms. The second-order valence-corrected chi connectivity index (χ2v) is 6.24. The molecule has 4 N–H and O–H groups in total. The largest absolute Gasteiger partial charge is 0.396 e. The van der Waals surface area contributed by atoms with E-state index in [-0.39, 0.29) is 24.1 Å². The topological polar surface area (TPSA) is 58.3 Å². The molecule has 0 spiro atoms. The van der Waals surface area contributed by atoms with Crippen molar-refractivity contribution in [1.29, 1.82) is 0 Å². The Morgan fingerprint density at radius 1 is 1.21 bits per heavy atom. The Balaban J connectivity index is 2.77. The Hall–Kier alpha value is -0.900. The van der Waals surface area contributed by atoms with Gasteiger partial charge in [0.1, 0.15) is 0 Å². The van der Waals surface area contributed by atoms with E-state index in [1.54, 1.807) is 0 Å². The van der Waals surface area contributed by atoms with Crippen LogP contribution in [0.4, 0.5) is 0 Å². The molecular formula is C16H28N2O. The third-order valence-corrected chi connectivity index (χ3v) is 3.46. The second-order valence-electron chi connectivity index (χ2n) is 6.24. The van der Waals surface area contributed by atoms with E-state index in [2.05, 4.69) is 57.3 Å². The summed E-state index contributed by atoms with van der Waals surface area (Å²) < 4.78 is 0. The average molecular weight is 264 g/mol. The van der Waals surface area contributed by atoms with Gasteiger partial charge in [-0.15, -0.1) is 0 Å². The molecule has 0 aliphatic rings. The summed E-state index contributed by atoms with van der Waals surface area (Å²) in [6, 6.07) is 9.07. The fraction of sp³-hybridized carbons (Fsp3) is 0.625. The summed E-state index contributed by atoms with van der Waals surface area (Å²) in [6.45, 7) is 9.47. The Morgan fingerprint density at radius 2 is 1.79 bits per heavy atom. The van der Waals surface area contributed by atoms with Gasteiger partial charge in [0.15, 0.2) is 0 Å². The first-order chi connectivity index (χ1) is 8.88. The molecule has 0 aliphatic heterocycles. The molecule has 3 heteroatoms. The van der Waals surface area contributed by atoms with Crippen LogP contribution in [-0.4, -0.2) is 24.3 Å². The van der Waals surface area contributed by atoms with Crippen LogP contribution in [0.1, 0.15) is 51.3 Å². The fourth-order valence-corrected chi connectivity index (χ4v) is 2.14. The summed E-state index contributed by atoms with van der Waals surface area (Å²) >= 11 is 0. The van der Waals surface area contributed by atoms with Gasteiger partial charge in [0.2, 0.25) is 0 Å². The molecule has 0 radical (unpaired) electrons. The highest BCUT2D eigenvalue weighted by molar-refractivity contribution is 5.29. The molecular weight excluding hydrogens is 236 g/mol. The van der Waals surface area contributed by atoms with Crippen LogP contribution in [0.3, 0.4) is 0 Å². The van der Waals surface area contributed by atoms with E-state index in [0.29, 0.717) is 6.54 Å². The quantitative estimate of drug-likeness (QED) is 0.739. The van der Waals surface area contributed by atoms with Crippen molar-refractivity contribution in [3.05, 3.63) is 35.4 Å². The summed E-state index contributed by atoms with van der Waals surface area (Å²) in [5.74, 6) is 0. The second kappa shape index (κ2) is 7.04. The highest BCUT2D eigenvalue weighted by Crippen LogP contribution is 2.24. The van der Waals surface area contributed by atoms with Crippen LogP contribution < -0.4 is 11.1 Å². The first-order valence-corrected chi connectivity index (χ1v) is 7.06. The van der Waals surface area contributed by atoms with Crippen molar-refractivity contribution in [3.63, 3.8) is 0 Å². The minimum absolute atomic E-state index is 0.149. The smallest absolute Gasteiger partial charge is 0.0446 e. The fourth-order valence-electron chi connectivity index (χ4n) is 2.14. The van der Waals surface area contributed by atoms with E-state index in [1.807, 2.05) is 0 Å². The molecule has 0 saturated carbocycles. The molecule has 19 heavy (non-hydrogen) atoms. The van der Waals surface area contributed by atoms with Gasteiger partial charge in [-0.05, 0) is 29.9 Å². The van der Waals surface area contributed by atoms with Crippen molar-refractivity contribution in [2.75, 3.05) is 13.2 Å². The van der Waals surface area contributed by atoms with Crippen LogP contribution in [0.2, 0.25) is 0 Å². The van der Waals surface area contributed by atoms with Gasteiger partial charge >= 0.3 is 0 Å². The number of nitrogens with two attached hydrogens (primary N) is 1. The Bertz CT molecular complexity index is 367.